The number of hydrogen-bond donors (Lipinski definition) is 1. The number of fused-ring (bicyclic) bond motifs is 2. The fourth-order valence-corrected chi connectivity index (χ4v) is 7.18. The van der Waals surface area contributed by atoms with Gasteiger partial charge in [0.15, 0.2) is 0 Å². The van der Waals surface area contributed by atoms with Crippen LogP contribution in [0.1, 0.15) is 81.8 Å². The van der Waals surface area contributed by atoms with Gasteiger partial charge in [-0.3, -0.25) is 14.5 Å². The minimum Gasteiger partial charge on any atom is -0.466 e. The van der Waals surface area contributed by atoms with Crippen LogP contribution in [0.4, 0.5) is 8.78 Å². The first kappa shape index (κ1) is 25.7. The van der Waals surface area contributed by atoms with E-state index in [4.69, 9.17) is 4.74 Å². The van der Waals surface area contributed by atoms with Gasteiger partial charge in [-0.15, -0.1) is 0 Å². The summed E-state index contributed by atoms with van der Waals surface area (Å²) in [4.78, 5) is 35.2. The van der Waals surface area contributed by atoms with Crippen LogP contribution in [0, 0.1) is 5.92 Å². The Bertz CT molecular complexity index is 1220. The van der Waals surface area contributed by atoms with E-state index in [1.54, 1.807) is 24.1 Å². The van der Waals surface area contributed by atoms with Gasteiger partial charge in [-0.25, -0.2) is 13.8 Å². The van der Waals surface area contributed by atoms with Crippen molar-refractivity contribution < 1.29 is 23.1 Å². The quantitative estimate of drug-likeness (QED) is 0.550. The highest BCUT2D eigenvalue weighted by Gasteiger charge is 2.47. The molecular weight excluding hydrogens is 510 g/mol. The third-order valence-corrected chi connectivity index (χ3v) is 9.58. The maximum atomic E-state index is 13.1. The second-order valence-electron chi connectivity index (χ2n) is 11.4. The molecule has 1 aromatic carbocycles. The van der Waals surface area contributed by atoms with Gasteiger partial charge in [0.2, 0.25) is 0 Å². The van der Waals surface area contributed by atoms with E-state index in [1.165, 1.54) is 16.2 Å². The van der Waals surface area contributed by atoms with Crippen LogP contribution in [0.5, 0.6) is 5.19 Å². The molecule has 0 saturated heterocycles. The molecule has 1 N–H and O–H groups in total. The molecule has 2 amide bonds. The van der Waals surface area contributed by atoms with Crippen LogP contribution in [-0.4, -0.2) is 64.8 Å². The topological polar surface area (TPSA) is 74.8 Å². The number of carbonyl (C=O) groups is 2. The molecule has 0 bridgehead atoms. The largest absolute Gasteiger partial charge is 0.466 e. The lowest BCUT2D eigenvalue weighted by atomic mass is 9.83. The summed E-state index contributed by atoms with van der Waals surface area (Å²) in [5, 5.41) is 3.76. The Hall–Kier alpha value is -2.59. The highest BCUT2D eigenvalue weighted by Crippen LogP contribution is 2.41. The van der Waals surface area contributed by atoms with Gasteiger partial charge >= 0.3 is 0 Å². The van der Waals surface area contributed by atoms with E-state index in [2.05, 4.69) is 15.2 Å². The van der Waals surface area contributed by atoms with E-state index in [9.17, 15) is 18.4 Å². The van der Waals surface area contributed by atoms with Gasteiger partial charge in [0.25, 0.3) is 22.9 Å². The van der Waals surface area contributed by atoms with Gasteiger partial charge in [-0.2, -0.15) is 0 Å². The van der Waals surface area contributed by atoms with E-state index in [1.807, 2.05) is 6.07 Å². The summed E-state index contributed by atoms with van der Waals surface area (Å²) >= 11 is 1.51. The third-order valence-electron chi connectivity index (χ3n) is 8.54. The highest BCUT2D eigenvalue weighted by atomic mass is 32.1. The molecule has 2 aliphatic carbocycles. The number of ether oxygens (including phenoxy) is 1. The number of rotatable bonds is 7. The lowest BCUT2D eigenvalue weighted by Crippen LogP contribution is -2.43. The molecule has 3 heterocycles. The Morgan fingerprint density at radius 2 is 2.00 bits per heavy atom. The molecule has 38 heavy (non-hydrogen) atoms. The number of carbonyl (C=O) groups excluding carboxylic acids is 2. The van der Waals surface area contributed by atoms with E-state index >= 15 is 0 Å². The number of aromatic nitrogens is 1. The molecule has 2 aliphatic heterocycles. The molecule has 4 aliphatic rings. The Kier molecular flexibility index (Phi) is 6.88. The van der Waals surface area contributed by atoms with Gasteiger partial charge in [0.1, 0.15) is 6.10 Å². The van der Waals surface area contributed by atoms with E-state index in [-0.39, 0.29) is 30.7 Å². The van der Waals surface area contributed by atoms with Crippen LogP contribution >= 0.6 is 11.3 Å². The zero-order valence-electron chi connectivity index (χ0n) is 21.7. The number of thiazole rings is 1. The Labute approximate surface area is 225 Å². The number of benzene rings is 1. The molecule has 1 aromatic heterocycles. The minimum absolute atomic E-state index is 0.0235. The average molecular weight is 545 g/mol. The second kappa shape index (κ2) is 10.2. The second-order valence-corrected chi connectivity index (χ2v) is 12.4. The van der Waals surface area contributed by atoms with Crippen molar-refractivity contribution in [3.05, 3.63) is 45.5 Å². The van der Waals surface area contributed by atoms with Crippen molar-refractivity contribution in [3.63, 3.8) is 0 Å². The number of hydrogen-bond acceptors (Lipinski definition) is 6. The van der Waals surface area contributed by atoms with Crippen molar-refractivity contribution in [3.8, 4) is 5.19 Å². The summed E-state index contributed by atoms with van der Waals surface area (Å²) in [5.74, 6) is -2.03. The van der Waals surface area contributed by atoms with Gasteiger partial charge < -0.3 is 15.0 Å². The molecule has 7 nitrogen and oxygen atoms in total. The van der Waals surface area contributed by atoms with Crippen LogP contribution in [0.15, 0.2) is 18.2 Å². The number of nitrogens with one attached hydrogen (secondary N) is 1. The molecule has 0 spiro atoms. The van der Waals surface area contributed by atoms with Gasteiger partial charge in [0, 0.05) is 61.6 Å². The lowest BCUT2D eigenvalue weighted by molar-refractivity contribution is -0.134. The first-order valence-electron chi connectivity index (χ1n) is 13.7. The zero-order valence-corrected chi connectivity index (χ0v) is 22.5. The fourth-order valence-electron chi connectivity index (χ4n) is 6.21. The SMILES string of the molecule is CN1Cc2c(C(=O)N[C@H]3CC[C@H](CCN4CCc5sc(OC6CC(F)(F)C6)nc5C4)CC3)cccc2C1=O. The zero-order chi connectivity index (χ0) is 26.4. The predicted molar refractivity (Wildman–Crippen MR) is 140 cm³/mol. The first-order valence-corrected chi connectivity index (χ1v) is 14.5. The predicted octanol–water partition coefficient (Wildman–Crippen LogP) is 4.64. The smallest absolute Gasteiger partial charge is 0.273 e. The van der Waals surface area contributed by atoms with Gasteiger partial charge in [0.05, 0.1) is 5.69 Å². The molecule has 6 rings (SSSR count). The van der Waals surface area contributed by atoms with E-state index in [0.717, 1.165) is 69.4 Å². The van der Waals surface area contributed by atoms with Crippen LogP contribution in [-0.2, 0) is 19.5 Å². The van der Waals surface area contributed by atoms with Crippen LogP contribution < -0.4 is 10.1 Å². The number of nitrogens with zero attached hydrogens (tertiary/aromatic N) is 3. The maximum absolute atomic E-state index is 13.1. The first-order chi connectivity index (χ1) is 18.2. The molecule has 2 aromatic rings. The summed E-state index contributed by atoms with van der Waals surface area (Å²) in [6, 6.07) is 5.58. The summed E-state index contributed by atoms with van der Waals surface area (Å²) in [7, 11) is 1.76. The van der Waals surface area contributed by atoms with E-state index in [0.29, 0.717) is 28.8 Å². The summed E-state index contributed by atoms with van der Waals surface area (Å²) < 4.78 is 31.9. The maximum Gasteiger partial charge on any atom is 0.273 e. The standard InChI is InChI=1S/C28H34F2N4O3S/c1-33-15-22-20(3-2-4-21(22)26(33)36)25(35)31-18-7-5-17(6-8-18)9-11-34-12-10-24-23(16-34)32-27(38-24)37-19-13-28(29,30)14-19/h2-4,17-19H,5-16H2,1H3,(H,31,35)/t17-,18-. The summed E-state index contributed by atoms with van der Waals surface area (Å²) in [6.07, 6.45) is 5.38. The van der Waals surface area contributed by atoms with Crippen LogP contribution in [0.3, 0.4) is 0 Å². The number of halogens is 2. The molecular formula is C28H34F2N4O3S. The van der Waals surface area contributed by atoms with Crippen molar-refractivity contribution in [2.45, 2.75) is 82.5 Å². The molecule has 204 valence electrons. The molecule has 10 heteroatoms. The number of alkyl halides is 2. The Balaban J connectivity index is 0.940. The lowest BCUT2D eigenvalue weighted by Gasteiger charge is -2.33. The average Bonchev–Trinajstić information content (AvgIpc) is 3.41. The molecule has 0 radical (unpaired) electrons. The normalized spacial score (nSPS) is 25.0. The van der Waals surface area contributed by atoms with Crippen molar-refractivity contribution in [2.75, 3.05) is 20.1 Å². The van der Waals surface area contributed by atoms with Gasteiger partial charge in [-0.05, 0) is 68.7 Å². The molecule has 2 saturated carbocycles. The minimum atomic E-state index is -2.58. The van der Waals surface area contributed by atoms with Crippen LogP contribution in [0.2, 0.25) is 0 Å². The molecule has 2 fully saturated rings. The Morgan fingerprint density at radius 1 is 1.21 bits per heavy atom. The monoisotopic (exact) mass is 544 g/mol. The Morgan fingerprint density at radius 3 is 2.76 bits per heavy atom. The van der Waals surface area contributed by atoms with Crippen LogP contribution in [0.25, 0.3) is 0 Å². The number of amides is 2. The van der Waals surface area contributed by atoms with E-state index < -0.39 is 12.0 Å². The third kappa shape index (κ3) is 5.30. The van der Waals surface area contributed by atoms with Crippen molar-refractivity contribution in [1.82, 2.24) is 20.1 Å². The van der Waals surface area contributed by atoms with Gasteiger partial charge in [-0.1, -0.05) is 17.4 Å². The van der Waals surface area contributed by atoms with Crippen molar-refractivity contribution >= 4 is 23.2 Å². The fraction of sp³-hybridized carbons (Fsp3) is 0.607. The summed E-state index contributed by atoms with van der Waals surface area (Å²) in [5.41, 5.74) is 3.12. The van der Waals surface area contributed by atoms with Crippen molar-refractivity contribution in [1.29, 1.82) is 0 Å². The van der Waals surface area contributed by atoms with Crippen molar-refractivity contribution in [2.24, 2.45) is 5.92 Å². The molecule has 0 atom stereocenters. The summed E-state index contributed by atoms with van der Waals surface area (Å²) in [6.45, 7) is 3.28. The highest BCUT2D eigenvalue weighted by molar-refractivity contribution is 7.13. The molecule has 0 unspecified atom stereocenters.